The summed E-state index contributed by atoms with van der Waals surface area (Å²) in [7, 11) is 0. The number of benzene rings is 1. The molecule has 1 atom stereocenters. The Morgan fingerprint density at radius 2 is 1.72 bits per heavy atom. The highest BCUT2D eigenvalue weighted by atomic mass is 15.2. The lowest BCUT2D eigenvalue weighted by Gasteiger charge is -2.37. The Bertz CT molecular complexity index is 357. The van der Waals surface area contributed by atoms with E-state index in [0.29, 0.717) is 6.04 Å². The van der Waals surface area contributed by atoms with Crippen molar-refractivity contribution in [2.24, 2.45) is 0 Å². The summed E-state index contributed by atoms with van der Waals surface area (Å²) in [4.78, 5) is 2.73. The normalized spacial score (nSPS) is 26.3. The van der Waals surface area contributed by atoms with Crippen LogP contribution in [0.1, 0.15) is 38.5 Å². The molecule has 2 fully saturated rings. The first-order valence-corrected chi connectivity index (χ1v) is 7.47. The molecule has 1 aromatic carbocycles. The van der Waals surface area contributed by atoms with E-state index >= 15 is 0 Å². The van der Waals surface area contributed by atoms with Gasteiger partial charge in [-0.25, -0.2) is 0 Å². The van der Waals surface area contributed by atoms with Crippen molar-refractivity contribution in [3.63, 3.8) is 0 Å². The summed E-state index contributed by atoms with van der Waals surface area (Å²) < 4.78 is 0. The number of hydrogen-bond donors (Lipinski definition) is 1. The van der Waals surface area contributed by atoms with Gasteiger partial charge in [-0.05, 0) is 44.4 Å². The lowest BCUT2D eigenvalue weighted by atomic mass is 10.0. The Morgan fingerprint density at radius 1 is 0.944 bits per heavy atom. The number of rotatable bonds is 3. The Kier molecular flexibility index (Phi) is 3.84. The average molecular weight is 244 g/mol. The fourth-order valence-electron chi connectivity index (χ4n) is 3.50. The van der Waals surface area contributed by atoms with Gasteiger partial charge in [0.2, 0.25) is 0 Å². The molecule has 0 aromatic heterocycles. The summed E-state index contributed by atoms with van der Waals surface area (Å²) in [5, 5.41) is 3.69. The number of likely N-dealkylation sites (tertiary alicyclic amines) is 1. The molecule has 1 heterocycles. The van der Waals surface area contributed by atoms with E-state index in [2.05, 4.69) is 40.5 Å². The maximum atomic E-state index is 3.69. The molecule has 18 heavy (non-hydrogen) atoms. The number of para-hydroxylation sites is 1. The fourth-order valence-corrected chi connectivity index (χ4v) is 3.50. The van der Waals surface area contributed by atoms with Crippen molar-refractivity contribution in [3.8, 4) is 0 Å². The first-order valence-electron chi connectivity index (χ1n) is 7.47. The maximum absolute atomic E-state index is 3.69. The number of nitrogens with zero attached hydrogens (tertiary/aromatic N) is 1. The summed E-state index contributed by atoms with van der Waals surface area (Å²) >= 11 is 0. The van der Waals surface area contributed by atoms with Crippen molar-refractivity contribution in [2.45, 2.75) is 50.6 Å². The van der Waals surface area contributed by atoms with Crippen molar-refractivity contribution in [1.29, 1.82) is 0 Å². The number of nitrogens with one attached hydrogen (secondary N) is 1. The van der Waals surface area contributed by atoms with Gasteiger partial charge in [0.1, 0.15) is 0 Å². The third-order valence-corrected chi connectivity index (χ3v) is 4.44. The third kappa shape index (κ3) is 2.86. The Labute approximate surface area is 110 Å². The van der Waals surface area contributed by atoms with Crippen LogP contribution in [0.5, 0.6) is 0 Å². The molecular formula is C16H24N2. The molecule has 2 nitrogen and oxygen atoms in total. The highest BCUT2D eigenvalue weighted by Crippen LogP contribution is 2.26. The standard InChI is InChI=1S/C16H24N2/c1-2-7-14(8-3-1)17-15-9-6-12-18(13-15)16-10-4-5-11-16/h1-3,7-8,15-17H,4-6,9-13H2. The van der Waals surface area contributed by atoms with Crippen LogP contribution < -0.4 is 5.32 Å². The molecular weight excluding hydrogens is 220 g/mol. The van der Waals surface area contributed by atoms with Crippen molar-refractivity contribution in [1.82, 2.24) is 4.90 Å². The van der Waals surface area contributed by atoms with Gasteiger partial charge in [-0.1, -0.05) is 31.0 Å². The first kappa shape index (κ1) is 12.0. The second-order valence-electron chi connectivity index (χ2n) is 5.78. The lowest BCUT2D eigenvalue weighted by molar-refractivity contribution is 0.156. The van der Waals surface area contributed by atoms with Gasteiger partial charge in [0.15, 0.2) is 0 Å². The molecule has 1 aliphatic carbocycles. The maximum Gasteiger partial charge on any atom is 0.0389 e. The summed E-state index contributed by atoms with van der Waals surface area (Å²) in [5.74, 6) is 0. The number of piperidine rings is 1. The van der Waals surface area contributed by atoms with Crippen LogP contribution in [0.3, 0.4) is 0 Å². The van der Waals surface area contributed by atoms with Crippen molar-refractivity contribution >= 4 is 5.69 Å². The quantitative estimate of drug-likeness (QED) is 0.875. The van der Waals surface area contributed by atoms with Crippen LogP contribution in [-0.4, -0.2) is 30.1 Å². The van der Waals surface area contributed by atoms with E-state index in [1.165, 1.54) is 57.3 Å². The van der Waals surface area contributed by atoms with Crippen LogP contribution in [0.2, 0.25) is 0 Å². The zero-order valence-electron chi connectivity index (χ0n) is 11.1. The predicted octanol–water partition coefficient (Wildman–Crippen LogP) is 3.51. The second kappa shape index (κ2) is 5.75. The van der Waals surface area contributed by atoms with E-state index in [4.69, 9.17) is 0 Å². The van der Waals surface area contributed by atoms with Gasteiger partial charge in [0.25, 0.3) is 0 Å². The van der Waals surface area contributed by atoms with Crippen LogP contribution in [0.25, 0.3) is 0 Å². The van der Waals surface area contributed by atoms with Gasteiger partial charge < -0.3 is 5.32 Å². The van der Waals surface area contributed by atoms with E-state index in [9.17, 15) is 0 Å². The molecule has 1 N–H and O–H groups in total. The molecule has 1 aromatic rings. The summed E-state index contributed by atoms with van der Waals surface area (Å²) in [6.45, 7) is 2.55. The minimum absolute atomic E-state index is 0.641. The van der Waals surface area contributed by atoms with E-state index in [1.54, 1.807) is 0 Å². The Hall–Kier alpha value is -1.02. The minimum Gasteiger partial charge on any atom is -0.381 e. The van der Waals surface area contributed by atoms with Crippen LogP contribution >= 0.6 is 0 Å². The zero-order chi connectivity index (χ0) is 12.2. The number of anilines is 1. The van der Waals surface area contributed by atoms with Crippen LogP contribution in [0.15, 0.2) is 30.3 Å². The van der Waals surface area contributed by atoms with Crippen LogP contribution in [0, 0.1) is 0 Å². The second-order valence-corrected chi connectivity index (χ2v) is 5.78. The average Bonchev–Trinajstić information content (AvgIpc) is 2.94. The van der Waals surface area contributed by atoms with Gasteiger partial charge in [0.05, 0.1) is 0 Å². The van der Waals surface area contributed by atoms with Gasteiger partial charge >= 0.3 is 0 Å². The topological polar surface area (TPSA) is 15.3 Å². The third-order valence-electron chi connectivity index (χ3n) is 4.44. The monoisotopic (exact) mass is 244 g/mol. The Balaban J connectivity index is 1.56. The van der Waals surface area contributed by atoms with Crippen molar-refractivity contribution < 1.29 is 0 Å². The molecule has 1 unspecified atom stereocenters. The van der Waals surface area contributed by atoms with Crippen molar-refractivity contribution in [3.05, 3.63) is 30.3 Å². The Morgan fingerprint density at radius 3 is 2.50 bits per heavy atom. The molecule has 98 valence electrons. The van der Waals surface area contributed by atoms with Crippen LogP contribution in [0.4, 0.5) is 5.69 Å². The molecule has 3 rings (SSSR count). The van der Waals surface area contributed by atoms with Gasteiger partial charge in [-0.15, -0.1) is 0 Å². The summed E-state index contributed by atoms with van der Waals surface area (Å²) in [6.07, 6.45) is 8.41. The molecule has 0 amide bonds. The molecule has 2 aliphatic rings. The van der Waals surface area contributed by atoms with Crippen molar-refractivity contribution in [2.75, 3.05) is 18.4 Å². The fraction of sp³-hybridized carbons (Fsp3) is 0.625. The molecule has 2 heteroatoms. The van der Waals surface area contributed by atoms with E-state index in [-0.39, 0.29) is 0 Å². The molecule has 0 spiro atoms. The molecule has 0 radical (unpaired) electrons. The zero-order valence-corrected chi connectivity index (χ0v) is 11.1. The lowest BCUT2D eigenvalue weighted by Crippen LogP contribution is -2.46. The highest BCUT2D eigenvalue weighted by Gasteiger charge is 2.27. The minimum atomic E-state index is 0.641. The van der Waals surface area contributed by atoms with E-state index in [0.717, 1.165) is 6.04 Å². The molecule has 0 bridgehead atoms. The largest absolute Gasteiger partial charge is 0.381 e. The SMILES string of the molecule is c1ccc(NC2CCCN(C3CCCC3)C2)cc1. The molecule has 1 saturated heterocycles. The smallest absolute Gasteiger partial charge is 0.0389 e. The summed E-state index contributed by atoms with van der Waals surface area (Å²) in [5.41, 5.74) is 1.27. The van der Waals surface area contributed by atoms with Gasteiger partial charge in [-0.3, -0.25) is 4.90 Å². The highest BCUT2D eigenvalue weighted by molar-refractivity contribution is 5.43. The van der Waals surface area contributed by atoms with Gasteiger partial charge in [-0.2, -0.15) is 0 Å². The van der Waals surface area contributed by atoms with E-state index < -0.39 is 0 Å². The first-order chi connectivity index (χ1) is 8.92. The van der Waals surface area contributed by atoms with Crippen LogP contribution in [-0.2, 0) is 0 Å². The molecule has 1 aliphatic heterocycles. The number of hydrogen-bond acceptors (Lipinski definition) is 2. The summed E-state index contributed by atoms with van der Waals surface area (Å²) in [6, 6.07) is 12.2. The predicted molar refractivity (Wildman–Crippen MR) is 76.9 cm³/mol. The van der Waals surface area contributed by atoms with Gasteiger partial charge in [0, 0.05) is 24.3 Å². The van der Waals surface area contributed by atoms with E-state index in [1.807, 2.05) is 0 Å². The molecule has 1 saturated carbocycles.